The normalized spacial score (nSPS) is 16.6. The molecule has 5 rings (SSSR count). The zero-order valence-corrected chi connectivity index (χ0v) is 25.4. The summed E-state index contributed by atoms with van der Waals surface area (Å²) >= 11 is 6.51. The van der Waals surface area contributed by atoms with Gasteiger partial charge >= 0.3 is 0 Å². The van der Waals surface area contributed by atoms with Crippen LogP contribution < -0.4 is 29.2 Å². The van der Waals surface area contributed by atoms with Gasteiger partial charge in [-0.3, -0.25) is 4.90 Å². The van der Waals surface area contributed by atoms with Gasteiger partial charge in [0, 0.05) is 50.2 Å². The molecule has 0 atom stereocenters. The molecule has 0 unspecified atom stereocenters. The number of piperidine rings is 2. The largest absolute Gasteiger partial charge is 0.493 e. The molecule has 0 bridgehead atoms. The highest BCUT2D eigenvalue weighted by Gasteiger charge is 2.24. The average molecular weight is 584 g/mol. The van der Waals surface area contributed by atoms with E-state index in [4.69, 9.17) is 40.5 Å². The number of likely N-dealkylation sites (tertiary alicyclic amines) is 1. The number of rotatable bonds is 11. The first kappa shape index (κ1) is 29.3. The summed E-state index contributed by atoms with van der Waals surface area (Å²) in [5.74, 6) is 4.36. The third-order valence-corrected chi connectivity index (χ3v) is 8.20. The number of aromatic nitrogens is 2. The monoisotopic (exact) mass is 583 g/mol. The lowest BCUT2D eigenvalue weighted by molar-refractivity contribution is 0.210. The van der Waals surface area contributed by atoms with Gasteiger partial charge in [0.05, 0.1) is 33.0 Å². The number of nitrogens with one attached hydrogen (secondary N) is 1. The lowest BCUT2D eigenvalue weighted by Gasteiger charge is -2.33. The van der Waals surface area contributed by atoms with Gasteiger partial charge < -0.3 is 29.2 Å². The second-order valence-corrected chi connectivity index (χ2v) is 11.0. The molecule has 2 saturated heterocycles. The minimum atomic E-state index is 0.293. The molecule has 10 heteroatoms. The summed E-state index contributed by atoms with van der Waals surface area (Å²) in [6.45, 7) is 9.78. The standard InChI is InChI=1S/C31H42ClN5O4/c1-5-40-27-16-21(17-28(29(27)32)41-6-2)20-36-14-10-22(11-15-36)33-31-34-24-19-26(39-4)25(38-3)18-23(24)30(35-31)37-12-8-7-9-13-37/h16-19,22H,5-15,20H2,1-4H3,(H,33,34,35). The van der Waals surface area contributed by atoms with E-state index in [2.05, 4.69) is 15.1 Å². The molecule has 0 saturated carbocycles. The van der Waals surface area contributed by atoms with Gasteiger partial charge in [-0.1, -0.05) is 11.6 Å². The molecule has 9 nitrogen and oxygen atoms in total. The van der Waals surface area contributed by atoms with E-state index in [1.165, 1.54) is 19.3 Å². The number of benzene rings is 2. The van der Waals surface area contributed by atoms with Crippen molar-refractivity contribution in [3.8, 4) is 23.0 Å². The summed E-state index contributed by atoms with van der Waals surface area (Å²) in [6.07, 6.45) is 5.60. The summed E-state index contributed by atoms with van der Waals surface area (Å²) in [6, 6.07) is 8.32. The number of anilines is 2. The lowest BCUT2D eigenvalue weighted by atomic mass is 10.0. The van der Waals surface area contributed by atoms with Crippen molar-refractivity contribution in [3.63, 3.8) is 0 Å². The molecule has 2 fully saturated rings. The Labute approximate surface area is 248 Å². The van der Waals surface area contributed by atoms with Crippen LogP contribution >= 0.6 is 11.6 Å². The summed E-state index contributed by atoms with van der Waals surface area (Å²) in [5, 5.41) is 5.19. The fraction of sp³-hybridized carbons (Fsp3) is 0.548. The maximum Gasteiger partial charge on any atom is 0.225 e. The molecule has 2 aliphatic rings. The molecule has 0 radical (unpaired) electrons. The minimum Gasteiger partial charge on any atom is -0.493 e. The molecule has 3 heterocycles. The molecule has 3 aromatic rings. The van der Waals surface area contributed by atoms with E-state index < -0.39 is 0 Å². The summed E-state index contributed by atoms with van der Waals surface area (Å²) < 4.78 is 22.7. The van der Waals surface area contributed by atoms with Crippen LogP contribution in [0.1, 0.15) is 51.5 Å². The van der Waals surface area contributed by atoms with Crippen LogP contribution in [0.3, 0.4) is 0 Å². The Morgan fingerprint density at radius 1 is 0.829 bits per heavy atom. The van der Waals surface area contributed by atoms with Crippen LogP contribution in [-0.4, -0.2) is 74.5 Å². The zero-order chi connectivity index (χ0) is 28.8. The zero-order valence-electron chi connectivity index (χ0n) is 24.7. The van der Waals surface area contributed by atoms with Crippen LogP contribution in [0.2, 0.25) is 5.02 Å². The maximum absolute atomic E-state index is 6.51. The van der Waals surface area contributed by atoms with Crippen molar-refractivity contribution in [3.05, 3.63) is 34.9 Å². The smallest absolute Gasteiger partial charge is 0.225 e. The van der Waals surface area contributed by atoms with Gasteiger partial charge in [-0.2, -0.15) is 4.98 Å². The van der Waals surface area contributed by atoms with Gasteiger partial charge in [0.2, 0.25) is 5.95 Å². The first-order chi connectivity index (χ1) is 20.0. The van der Waals surface area contributed by atoms with Gasteiger partial charge in [0.1, 0.15) is 22.3 Å². The summed E-state index contributed by atoms with van der Waals surface area (Å²) in [4.78, 5) is 14.8. The molecule has 0 amide bonds. The molecule has 222 valence electrons. The van der Waals surface area contributed by atoms with Gasteiger partial charge in [-0.25, -0.2) is 4.98 Å². The summed E-state index contributed by atoms with van der Waals surface area (Å²) in [5.41, 5.74) is 2.00. The Kier molecular flexibility index (Phi) is 9.77. The van der Waals surface area contributed by atoms with Crippen molar-refractivity contribution in [2.45, 2.75) is 58.5 Å². The predicted octanol–water partition coefficient (Wildman–Crippen LogP) is 6.16. The molecular formula is C31H42ClN5O4. The highest BCUT2D eigenvalue weighted by Crippen LogP contribution is 2.38. The number of halogens is 1. The highest BCUT2D eigenvalue weighted by molar-refractivity contribution is 6.33. The summed E-state index contributed by atoms with van der Waals surface area (Å²) in [7, 11) is 3.32. The van der Waals surface area contributed by atoms with Gasteiger partial charge in [-0.05, 0) is 69.7 Å². The quantitative estimate of drug-likeness (QED) is 0.285. The fourth-order valence-corrected chi connectivity index (χ4v) is 5.98. The molecule has 1 N–H and O–H groups in total. The van der Waals surface area contributed by atoms with E-state index in [9.17, 15) is 0 Å². The van der Waals surface area contributed by atoms with Crippen LogP contribution in [0.15, 0.2) is 24.3 Å². The third-order valence-electron chi connectivity index (χ3n) is 7.83. The number of ether oxygens (including phenoxy) is 4. The topological polar surface area (TPSA) is 81.2 Å². The van der Waals surface area contributed by atoms with Crippen molar-refractivity contribution in [1.29, 1.82) is 0 Å². The van der Waals surface area contributed by atoms with Crippen molar-refractivity contribution < 1.29 is 18.9 Å². The van der Waals surface area contributed by atoms with Gasteiger partial charge in [-0.15, -0.1) is 0 Å². The Balaban J connectivity index is 1.30. The van der Waals surface area contributed by atoms with Crippen LogP contribution in [0.25, 0.3) is 10.9 Å². The Bertz CT molecular complexity index is 1300. The van der Waals surface area contributed by atoms with E-state index in [0.29, 0.717) is 53.2 Å². The molecule has 1 aromatic heterocycles. The van der Waals surface area contributed by atoms with E-state index >= 15 is 0 Å². The second kappa shape index (κ2) is 13.7. The van der Waals surface area contributed by atoms with Crippen LogP contribution in [0.5, 0.6) is 23.0 Å². The second-order valence-electron chi connectivity index (χ2n) is 10.6. The highest BCUT2D eigenvalue weighted by atomic mass is 35.5. The van der Waals surface area contributed by atoms with Crippen molar-refractivity contribution >= 4 is 34.3 Å². The van der Waals surface area contributed by atoms with Crippen molar-refractivity contribution in [2.24, 2.45) is 0 Å². The molecule has 41 heavy (non-hydrogen) atoms. The maximum atomic E-state index is 6.51. The van der Waals surface area contributed by atoms with Crippen LogP contribution in [-0.2, 0) is 6.54 Å². The fourth-order valence-electron chi connectivity index (χ4n) is 5.77. The molecule has 2 aromatic carbocycles. The van der Waals surface area contributed by atoms with E-state index in [1.807, 2.05) is 38.1 Å². The van der Waals surface area contributed by atoms with Crippen molar-refractivity contribution in [1.82, 2.24) is 14.9 Å². The number of hydrogen-bond acceptors (Lipinski definition) is 9. The average Bonchev–Trinajstić information content (AvgIpc) is 3.00. The minimum absolute atomic E-state index is 0.293. The van der Waals surface area contributed by atoms with Crippen LogP contribution in [0.4, 0.5) is 11.8 Å². The number of methoxy groups -OCH3 is 2. The Hall–Kier alpha value is -3.17. The van der Waals surface area contributed by atoms with Gasteiger partial charge in [0.25, 0.3) is 0 Å². The van der Waals surface area contributed by atoms with Crippen LogP contribution in [0, 0.1) is 0 Å². The van der Waals surface area contributed by atoms with E-state index in [0.717, 1.165) is 67.8 Å². The Morgan fingerprint density at radius 2 is 1.46 bits per heavy atom. The SMILES string of the molecule is CCOc1cc(CN2CCC(Nc3nc(N4CCCCC4)c4cc(OC)c(OC)cc4n3)CC2)cc(OCC)c1Cl. The Morgan fingerprint density at radius 3 is 2.07 bits per heavy atom. The number of nitrogens with zero attached hydrogens (tertiary/aromatic N) is 4. The lowest BCUT2D eigenvalue weighted by Crippen LogP contribution is -2.39. The van der Waals surface area contributed by atoms with Gasteiger partial charge in [0.15, 0.2) is 11.5 Å². The predicted molar refractivity (Wildman–Crippen MR) is 164 cm³/mol. The number of hydrogen-bond donors (Lipinski definition) is 1. The van der Waals surface area contributed by atoms with E-state index in [1.54, 1.807) is 14.2 Å². The third kappa shape index (κ3) is 6.84. The van der Waals surface area contributed by atoms with E-state index in [-0.39, 0.29) is 0 Å². The first-order valence-electron chi connectivity index (χ1n) is 14.8. The molecule has 0 aliphatic carbocycles. The molecular weight excluding hydrogens is 542 g/mol. The number of fused-ring (bicyclic) bond motifs is 1. The first-order valence-corrected chi connectivity index (χ1v) is 15.2. The molecule has 2 aliphatic heterocycles. The van der Waals surface area contributed by atoms with Crippen molar-refractivity contribution in [2.75, 3.05) is 63.8 Å². The molecule has 0 spiro atoms.